The molecule has 60 valence electrons. The van der Waals surface area contributed by atoms with Crippen molar-refractivity contribution in [1.29, 1.82) is 0 Å². The summed E-state index contributed by atoms with van der Waals surface area (Å²) in [5, 5.41) is 9.06. The van der Waals surface area contributed by atoms with Gasteiger partial charge in [0.2, 0.25) is 0 Å². The van der Waals surface area contributed by atoms with Crippen LogP contribution in [0.3, 0.4) is 0 Å². The van der Waals surface area contributed by atoms with Crippen molar-refractivity contribution in [3.63, 3.8) is 0 Å². The summed E-state index contributed by atoms with van der Waals surface area (Å²) in [6.07, 6.45) is 0.530. The van der Waals surface area contributed by atoms with Gasteiger partial charge in [-0.05, 0) is 0 Å². The van der Waals surface area contributed by atoms with Gasteiger partial charge in [0.05, 0.1) is 25.4 Å². The molecule has 0 aliphatic carbocycles. The van der Waals surface area contributed by atoms with Crippen LogP contribution < -0.4 is 0 Å². The van der Waals surface area contributed by atoms with Crippen LogP contribution in [0.25, 0.3) is 0 Å². The summed E-state index contributed by atoms with van der Waals surface area (Å²) >= 11 is 0. The zero-order chi connectivity index (χ0) is 8.43. The minimum atomic E-state index is -0.597. The number of nitrogens with zero attached hydrogens (tertiary/aromatic N) is 1. The number of hydrogen-bond donors (Lipinski definition) is 1. The predicted octanol–water partition coefficient (Wildman–Crippen LogP) is -0.251. The van der Waals surface area contributed by atoms with Gasteiger partial charge in [0, 0.05) is 0 Å². The van der Waals surface area contributed by atoms with Gasteiger partial charge in [0.25, 0.3) is 11.8 Å². The Kier molecular flexibility index (Phi) is 1.91. The summed E-state index contributed by atoms with van der Waals surface area (Å²) in [7, 11) is 1.22. The van der Waals surface area contributed by atoms with Crippen molar-refractivity contribution in [2.24, 2.45) is 0 Å². The van der Waals surface area contributed by atoms with Gasteiger partial charge in [-0.2, -0.15) is 0 Å². The summed E-state index contributed by atoms with van der Waals surface area (Å²) in [6.45, 7) is 0. The Morgan fingerprint density at radius 1 is 1.64 bits per heavy atom. The third-order valence-corrected chi connectivity index (χ3v) is 1.37. The number of hydroxylamine groups is 2. The van der Waals surface area contributed by atoms with Crippen LogP contribution in [-0.2, 0) is 14.4 Å². The normalized spacial score (nSPS) is 21.9. The summed E-state index contributed by atoms with van der Waals surface area (Å²) in [5.41, 5.74) is 0.0526. The van der Waals surface area contributed by atoms with Crippen molar-refractivity contribution in [2.45, 2.75) is 6.42 Å². The van der Waals surface area contributed by atoms with E-state index in [1.54, 1.807) is 0 Å². The minimum Gasteiger partial charge on any atom is -0.515 e. The van der Waals surface area contributed by atoms with Crippen molar-refractivity contribution < 1.29 is 19.5 Å². The number of hydrogen-bond acceptors (Lipinski definition) is 4. The number of carbonyl (C=O) groups excluding carboxylic acids is 2. The second-order valence-electron chi connectivity index (χ2n) is 2.01. The van der Waals surface area contributed by atoms with E-state index in [1.165, 1.54) is 7.11 Å². The largest absolute Gasteiger partial charge is 0.515 e. The van der Waals surface area contributed by atoms with Gasteiger partial charge in [-0.25, -0.2) is 0 Å². The molecule has 1 aliphatic heterocycles. The monoisotopic (exact) mass is 157 g/mol. The van der Waals surface area contributed by atoms with Gasteiger partial charge in [-0.15, -0.1) is 5.06 Å². The lowest BCUT2D eigenvalue weighted by molar-refractivity contribution is -0.178. The lowest BCUT2D eigenvalue weighted by Crippen LogP contribution is -2.27. The van der Waals surface area contributed by atoms with Crippen LogP contribution >= 0.6 is 0 Å². The molecule has 0 atom stereocenters. The molecule has 0 radical (unpaired) electrons. The van der Waals surface area contributed by atoms with E-state index in [0.717, 1.165) is 0 Å². The first-order chi connectivity index (χ1) is 5.20. The number of carbonyl (C=O) groups is 2. The first-order valence-corrected chi connectivity index (χ1v) is 2.95. The molecule has 11 heavy (non-hydrogen) atoms. The molecule has 0 unspecified atom stereocenters. The number of aliphatic hydroxyl groups is 1. The van der Waals surface area contributed by atoms with Crippen molar-refractivity contribution in [3.05, 3.63) is 11.8 Å². The van der Waals surface area contributed by atoms with Crippen LogP contribution in [0.5, 0.6) is 0 Å². The Morgan fingerprint density at radius 3 is 2.55 bits per heavy atom. The molecule has 1 N–H and O–H groups in total. The molecule has 0 aromatic rings. The predicted molar refractivity (Wildman–Crippen MR) is 34.2 cm³/mol. The molecule has 0 saturated carbocycles. The van der Waals surface area contributed by atoms with Crippen LogP contribution in [0, 0.1) is 0 Å². The quantitative estimate of drug-likeness (QED) is 0.323. The van der Waals surface area contributed by atoms with E-state index in [9.17, 15) is 9.59 Å². The zero-order valence-corrected chi connectivity index (χ0v) is 5.90. The molecular weight excluding hydrogens is 150 g/mol. The van der Waals surface area contributed by atoms with Crippen molar-refractivity contribution in [2.75, 3.05) is 7.11 Å². The molecule has 2 amide bonds. The van der Waals surface area contributed by atoms with Crippen LogP contribution in [0.2, 0.25) is 0 Å². The molecule has 1 heterocycles. The average Bonchev–Trinajstić information content (AvgIpc) is 2.26. The van der Waals surface area contributed by atoms with E-state index in [0.29, 0.717) is 11.3 Å². The fourth-order valence-electron chi connectivity index (χ4n) is 0.840. The molecule has 0 spiro atoms. The number of aliphatic hydroxyl groups excluding tert-OH is 1. The highest BCUT2D eigenvalue weighted by atomic mass is 16.7. The smallest absolute Gasteiger partial charge is 0.284 e. The maximum atomic E-state index is 10.9. The molecule has 1 saturated heterocycles. The van der Waals surface area contributed by atoms with Gasteiger partial charge in [-0.3, -0.25) is 14.4 Å². The highest BCUT2D eigenvalue weighted by molar-refractivity contribution is 6.12. The Morgan fingerprint density at radius 2 is 2.27 bits per heavy atom. The van der Waals surface area contributed by atoms with Crippen LogP contribution in [0.1, 0.15) is 6.42 Å². The molecular formula is C6H7NO4. The lowest BCUT2D eigenvalue weighted by atomic mass is 10.2. The van der Waals surface area contributed by atoms with Gasteiger partial charge in [0.1, 0.15) is 0 Å². The fourth-order valence-corrected chi connectivity index (χ4v) is 0.840. The molecule has 5 nitrogen and oxygen atoms in total. The number of amides is 2. The second kappa shape index (κ2) is 2.71. The third kappa shape index (κ3) is 1.10. The van der Waals surface area contributed by atoms with E-state index in [2.05, 4.69) is 4.84 Å². The Balaban J connectivity index is 2.88. The zero-order valence-electron chi connectivity index (χ0n) is 5.90. The Hall–Kier alpha value is -1.36. The average molecular weight is 157 g/mol. The Labute approximate surface area is 62.8 Å². The second-order valence-corrected chi connectivity index (χ2v) is 2.01. The molecule has 0 aromatic carbocycles. The molecule has 1 rings (SSSR count). The topological polar surface area (TPSA) is 66.8 Å². The van der Waals surface area contributed by atoms with Crippen LogP contribution in [-0.4, -0.2) is 29.1 Å². The van der Waals surface area contributed by atoms with E-state index in [-0.39, 0.29) is 12.0 Å². The van der Waals surface area contributed by atoms with Gasteiger partial charge >= 0.3 is 0 Å². The number of imide groups is 1. The van der Waals surface area contributed by atoms with E-state index < -0.39 is 11.8 Å². The summed E-state index contributed by atoms with van der Waals surface area (Å²) < 4.78 is 0. The molecule has 1 fully saturated rings. The van der Waals surface area contributed by atoms with Gasteiger partial charge < -0.3 is 5.11 Å². The van der Waals surface area contributed by atoms with Gasteiger partial charge in [-0.1, -0.05) is 0 Å². The van der Waals surface area contributed by atoms with E-state index >= 15 is 0 Å². The molecule has 1 aliphatic rings. The standard InChI is InChI=1S/C6H7NO4/c1-11-7-5(9)2-4(3-8)6(7)10/h3,8H,2H2,1H3/b4-3+. The van der Waals surface area contributed by atoms with E-state index in [4.69, 9.17) is 5.11 Å². The van der Waals surface area contributed by atoms with Crippen LogP contribution in [0.4, 0.5) is 0 Å². The molecule has 0 bridgehead atoms. The first kappa shape index (κ1) is 7.74. The maximum absolute atomic E-state index is 10.9. The minimum absolute atomic E-state index is 0.0526. The van der Waals surface area contributed by atoms with Crippen LogP contribution in [0.15, 0.2) is 11.8 Å². The summed E-state index contributed by atoms with van der Waals surface area (Å²) in [6, 6.07) is 0. The SMILES string of the molecule is CON1C(=O)C/C(=C\O)C1=O. The van der Waals surface area contributed by atoms with E-state index in [1.807, 2.05) is 0 Å². The summed E-state index contributed by atoms with van der Waals surface area (Å²) in [5.74, 6) is -1.06. The first-order valence-electron chi connectivity index (χ1n) is 2.95. The Bertz CT molecular complexity index is 233. The molecule has 5 heteroatoms. The number of rotatable bonds is 1. The van der Waals surface area contributed by atoms with Crippen molar-refractivity contribution in [1.82, 2.24) is 5.06 Å². The van der Waals surface area contributed by atoms with Crippen molar-refractivity contribution in [3.8, 4) is 0 Å². The van der Waals surface area contributed by atoms with Crippen molar-refractivity contribution >= 4 is 11.8 Å². The lowest BCUT2D eigenvalue weighted by Gasteiger charge is -2.07. The van der Waals surface area contributed by atoms with Gasteiger partial charge in [0.15, 0.2) is 0 Å². The highest BCUT2D eigenvalue weighted by Gasteiger charge is 2.34. The third-order valence-electron chi connectivity index (χ3n) is 1.37. The highest BCUT2D eigenvalue weighted by Crippen LogP contribution is 2.17. The fraction of sp³-hybridized carbons (Fsp3) is 0.333. The summed E-state index contributed by atoms with van der Waals surface area (Å²) in [4.78, 5) is 26.2. The maximum Gasteiger partial charge on any atom is 0.284 e. The molecule has 0 aromatic heterocycles.